The van der Waals surface area contributed by atoms with Crippen molar-refractivity contribution in [3.05, 3.63) is 28.1 Å². The molecule has 0 spiro atoms. The first kappa shape index (κ1) is 12.0. The van der Waals surface area contributed by atoms with Gasteiger partial charge in [-0.05, 0) is 28.8 Å². The molecule has 0 aliphatic heterocycles. The number of rotatable bonds is 4. The summed E-state index contributed by atoms with van der Waals surface area (Å²) in [5.41, 5.74) is 9.19. The predicted molar refractivity (Wildman–Crippen MR) is 73.4 cm³/mol. The predicted octanol–water partition coefficient (Wildman–Crippen LogP) is 2.26. The Bertz CT molecular complexity index is 487. The molecule has 0 unspecified atom stereocenters. The highest BCUT2D eigenvalue weighted by atomic mass is 32.1. The molecule has 5 heteroatoms. The summed E-state index contributed by atoms with van der Waals surface area (Å²) in [6, 6.07) is 2.13. The Morgan fingerprint density at radius 3 is 2.82 bits per heavy atom. The highest BCUT2D eigenvalue weighted by Crippen LogP contribution is 2.26. The maximum atomic E-state index is 6.12. The molecule has 0 fully saturated rings. The van der Waals surface area contributed by atoms with Gasteiger partial charge in [0, 0.05) is 20.6 Å². The number of nitrogens with zero attached hydrogens (tertiary/aromatic N) is 3. The van der Waals surface area contributed by atoms with E-state index in [1.807, 2.05) is 18.8 Å². The van der Waals surface area contributed by atoms with E-state index in [9.17, 15) is 0 Å². The molecule has 0 atom stereocenters. The van der Waals surface area contributed by atoms with Crippen LogP contribution in [-0.4, -0.2) is 16.8 Å². The minimum absolute atomic E-state index is 0.799. The van der Waals surface area contributed by atoms with Crippen LogP contribution in [0.3, 0.4) is 0 Å². The lowest BCUT2D eigenvalue weighted by Crippen LogP contribution is -2.20. The SMILES string of the molecule is CCc1nn(C)c(N(C)Cc2ccsc2)c1N. The molecule has 0 saturated carbocycles. The van der Waals surface area contributed by atoms with Gasteiger partial charge in [0.1, 0.15) is 5.82 Å². The Morgan fingerprint density at radius 2 is 2.29 bits per heavy atom. The van der Waals surface area contributed by atoms with Crippen LogP contribution in [-0.2, 0) is 20.0 Å². The second-order valence-electron chi connectivity index (χ2n) is 4.15. The highest BCUT2D eigenvalue weighted by Gasteiger charge is 2.15. The molecule has 0 saturated heterocycles. The van der Waals surface area contributed by atoms with Gasteiger partial charge in [0.25, 0.3) is 0 Å². The number of aryl methyl sites for hydroxylation is 2. The maximum absolute atomic E-state index is 6.12. The minimum Gasteiger partial charge on any atom is -0.394 e. The van der Waals surface area contributed by atoms with Crippen molar-refractivity contribution in [2.45, 2.75) is 19.9 Å². The van der Waals surface area contributed by atoms with Gasteiger partial charge in [-0.2, -0.15) is 16.4 Å². The first-order valence-corrected chi connectivity index (χ1v) is 6.61. The Labute approximate surface area is 106 Å². The molecular formula is C12H18N4S. The van der Waals surface area contributed by atoms with E-state index >= 15 is 0 Å². The van der Waals surface area contributed by atoms with Crippen LogP contribution < -0.4 is 10.6 Å². The van der Waals surface area contributed by atoms with Crippen molar-refractivity contribution in [1.29, 1.82) is 0 Å². The Morgan fingerprint density at radius 1 is 1.53 bits per heavy atom. The zero-order chi connectivity index (χ0) is 12.4. The van der Waals surface area contributed by atoms with Gasteiger partial charge < -0.3 is 10.6 Å². The topological polar surface area (TPSA) is 47.1 Å². The maximum Gasteiger partial charge on any atom is 0.150 e. The highest BCUT2D eigenvalue weighted by molar-refractivity contribution is 7.07. The molecule has 2 heterocycles. The van der Waals surface area contributed by atoms with E-state index < -0.39 is 0 Å². The summed E-state index contributed by atoms with van der Waals surface area (Å²) in [5, 5.41) is 8.68. The van der Waals surface area contributed by atoms with Crippen LogP contribution >= 0.6 is 11.3 Å². The van der Waals surface area contributed by atoms with Crippen LogP contribution in [0.1, 0.15) is 18.2 Å². The van der Waals surface area contributed by atoms with Crippen LogP contribution in [0.15, 0.2) is 16.8 Å². The summed E-state index contributed by atoms with van der Waals surface area (Å²) in [5.74, 6) is 0.994. The fraction of sp³-hybridized carbons (Fsp3) is 0.417. The van der Waals surface area contributed by atoms with Gasteiger partial charge in [0.15, 0.2) is 0 Å². The van der Waals surface area contributed by atoms with Gasteiger partial charge in [-0.25, -0.2) is 0 Å². The number of thiophene rings is 1. The first-order valence-electron chi connectivity index (χ1n) is 5.67. The van der Waals surface area contributed by atoms with Crippen LogP contribution in [0.4, 0.5) is 11.5 Å². The standard InChI is InChI=1S/C12H18N4S/c1-4-10-11(13)12(16(3)14-10)15(2)7-9-5-6-17-8-9/h5-6,8H,4,7,13H2,1-3H3. The van der Waals surface area contributed by atoms with Crippen LogP contribution in [0.25, 0.3) is 0 Å². The van der Waals surface area contributed by atoms with E-state index in [1.165, 1.54) is 5.56 Å². The quantitative estimate of drug-likeness (QED) is 0.905. The molecule has 2 N–H and O–H groups in total. The lowest BCUT2D eigenvalue weighted by atomic mass is 10.2. The number of nitrogens with two attached hydrogens (primary N) is 1. The summed E-state index contributed by atoms with van der Waals surface area (Å²) in [4.78, 5) is 2.14. The molecule has 2 rings (SSSR count). The van der Waals surface area contributed by atoms with Crippen LogP contribution in [0, 0.1) is 0 Å². The van der Waals surface area contributed by atoms with E-state index in [1.54, 1.807) is 11.3 Å². The molecule has 0 aromatic carbocycles. The van der Waals surface area contributed by atoms with Crippen molar-refractivity contribution in [3.63, 3.8) is 0 Å². The Balaban J connectivity index is 2.24. The molecule has 92 valence electrons. The van der Waals surface area contributed by atoms with Crippen molar-refractivity contribution in [2.75, 3.05) is 17.7 Å². The average molecular weight is 250 g/mol. The summed E-state index contributed by atoms with van der Waals surface area (Å²) < 4.78 is 1.86. The number of hydrogen-bond donors (Lipinski definition) is 1. The fourth-order valence-corrected chi connectivity index (χ4v) is 2.69. The second-order valence-corrected chi connectivity index (χ2v) is 4.93. The third-order valence-corrected chi connectivity index (χ3v) is 3.56. The van der Waals surface area contributed by atoms with Crippen LogP contribution in [0.5, 0.6) is 0 Å². The smallest absolute Gasteiger partial charge is 0.150 e. The first-order chi connectivity index (χ1) is 8.13. The Hall–Kier alpha value is -1.49. The van der Waals surface area contributed by atoms with E-state index in [4.69, 9.17) is 5.73 Å². The fourth-order valence-electron chi connectivity index (χ4n) is 2.03. The monoisotopic (exact) mass is 250 g/mol. The van der Waals surface area contributed by atoms with Gasteiger partial charge in [0.05, 0.1) is 11.4 Å². The summed E-state index contributed by atoms with van der Waals surface area (Å²) >= 11 is 1.71. The van der Waals surface area contributed by atoms with Crippen molar-refractivity contribution >= 4 is 22.8 Å². The molecule has 2 aromatic rings. The number of anilines is 2. The molecule has 17 heavy (non-hydrogen) atoms. The molecule has 0 aliphatic carbocycles. The number of hydrogen-bond acceptors (Lipinski definition) is 4. The normalized spacial score (nSPS) is 10.8. The lowest BCUT2D eigenvalue weighted by Gasteiger charge is -2.19. The molecule has 0 aliphatic rings. The largest absolute Gasteiger partial charge is 0.394 e. The second kappa shape index (κ2) is 4.79. The van der Waals surface area contributed by atoms with E-state index in [2.05, 4.69) is 33.7 Å². The third kappa shape index (κ3) is 2.29. The van der Waals surface area contributed by atoms with E-state index in [0.29, 0.717) is 0 Å². The van der Waals surface area contributed by atoms with Gasteiger partial charge in [-0.15, -0.1) is 0 Å². The van der Waals surface area contributed by atoms with Gasteiger partial charge >= 0.3 is 0 Å². The van der Waals surface area contributed by atoms with Crippen molar-refractivity contribution in [3.8, 4) is 0 Å². The molecule has 4 nitrogen and oxygen atoms in total. The Kier molecular flexibility index (Phi) is 3.38. The van der Waals surface area contributed by atoms with Crippen LogP contribution in [0.2, 0.25) is 0 Å². The molecule has 0 bridgehead atoms. The molecule has 0 radical (unpaired) electrons. The van der Waals surface area contributed by atoms with Gasteiger partial charge in [-0.3, -0.25) is 4.68 Å². The number of aromatic nitrogens is 2. The lowest BCUT2D eigenvalue weighted by molar-refractivity contribution is 0.720. The summed E-state index contributed by atoms with van der Waals surface area (Å²) in [6.45, 7) is 2.93. The van der Waals surface area contributed by atoms with Gasteiger partial charge in [0.2, 0.25) is 0 Å². The zero-order valence-electron chi connectivity index (χ0n) is 10.5. The van der Waals surface area contributed by atoms with Crippen molar-refractivity contribution < 1.29 is 0 Å². The average Bonchev–Trinajstić information content (AvgIpc) is 2.87. The van der Waals surface area contributed by atoms with E-state index in [0.717, 1.165) is 30.2 Å². The molecule has 2 aromatic heterocycles. The summed E-state index contributed by atoms with van der Waals surface area (Å²) in [7, 11) is 3.99. The molecule has 0 amide bonds. The number of nitrogen functional groups attached to an aromatic ring is 1. The van der Waals surface area contributed by atoms with E-state index in [-0.39, 0.29) is 0 Å². The molecular weight excluding hydrogens is 232 g/mol. The minimum atomic E-state index is 0.799. The third-order valence-electron chi connectivity index (χ3n) is 2.83. The zero-order valence-corrected chi connectivity index (χ0v) is 11.3. The van der Waals surface area contributed by atoms with Crippen molar-refractivity contribution in [1.82, 2.24) is 9.78 Å². The summed E-state index contributed by atoms with van der Waals surface area (Å²) in [6.07, 6.45) is 0.867. The van der Waals surface area contributed by atoms with Crippen molar-refractivity contribution in [2.24, 2.45) is 7.05 Å². The van der Waals surface area contributed by atoms with Gasteiger partial charge in [-0.1, -0.05) is 6.92 Å².